The zero-order chi connectivity index (χ0) is 24.7. The Labute approximate surface area is 208 Å². The van der Waals surface area contributed by atoms with Crippen LogP contribution >= 0.6 is 12.2 Å². The zero-order valence-electron chi connectivity index (χ0n) is 20.4. The van der Waals surface area contributed by atoms with Crippen molar-refractivity contribution in [1.82, 2.24) is 19.8 Å². The molecule has 8 heteroatoms. The lowest BCUT2D eigenvalue weighted by atomic mass is 10.1. The number of hydrogen-bond donors (Lipinski definition) is 1. The van der Waals surface area contributed by atoms with Crippen LogP contribution in [-0.4, -0.2) is 41.1 Å². The molecular formula is C26H34N4O2S2. The molecule has 0 bridgehead atoms. The van der Waals surface area contributed by atoms with Crippen molar-refractivity contribution in [1.29, 1.82) is 0 Å². The van der Waals surface area contributed by atoms with Crippen LogP contribution in [-0.2, 0) is 28.7 Å². The van der Waals surface area contributed by atoms with E-state index in [2.05, 4.69) is 29.0 Å². The maximum absolute atomic E-state index is 13.5. The maximum atomic E-state index is 13.5. The Morgan fingerprint density at radius 2 is 1.79 bits per heavy atom. The molecule has 2 aromatic carbocycles. The summed E-state index contributed by atoms with van der Waals surface area (Å²) in [4.78, 5) is 6.52. The van der Waals surface area contributed by atoms with Gasteiger partial charge in [-0.1, -0.05) is 68.4 Å². The third-order valence-electron chi connectivity index (χ3n) is 5.52. The summed E-state index contributed by atoms with van der Waals surface area (Å²) in [7, 11) is -3.67. The minimum absolute atomic E-state index is 0.0869. The first kappa shape index (κ1) is 25.9. The number of imidazole rings is 1. The Bertz CT molecular complexity index is 1200. The van der Waals surface area contributed by atoms with E-state index in [4.69, 9.17) is 12.2 Å². The molecular weight excluding hydrogens is 464 g/mol. The number of rotatable bonds is 10. The van der Waals surface area contributed by atoms with Gasteiger partial charge in [0.15, 0.2) is 5.11 Å². The Balaban J connectivity index is 2.01. The molecule has 0 spiro atoms. The van der Waals surface area contributed by atoms with Crippen LogP contribution in [0.3, 0.4) is 0 Å². The second-order valence-electron chi connectivity index (χ2n) is 8.90. The second kappa shape index (κ2) is 11.6. The third kappa shape index (κ3) is 6.67. The molecule has 34 heavy (non-hydrogen) atoms. The van der Waals surface area contributed by atoms with Crippen molar-refractivity contribution in [3.8, 4) is 0 Å². The van der Waals surface area contributed by atoms with E-state index in [0.717, 1.165) is 35.5 Å². The number of sulfone groups is 1. The normalized spacial score (nSPS) is 11.6. The molecule has 0 atom stereocenters. The predicted octanol–water partition coefficient (Wildman–Crippen LogP) is 4.57. The van der Waals surface area contributed by atoms with Crippen LogP contribution in [0.2, 0.25) is 0 Å². The Morgan fingerprint density at radius 1 is 1.12 bits per heavy atom. The van der Waals surface area contributed by atoms with Gasteiger partial charge in [-0.05, 0) is 48.7 Å². The molecule has 0 amide bonds. The Kier molecular flexibility index (Phi) is 8.85. The standard InChI is InChI=1S/C26H34N4O2S2/c1-5-27-25(33)29(16-20(2)3)18-24-15-28-26(30(24)17-22-12-7-6-8-13-22)34(31,32)19-23-14-10-9-11-21(23)4/h6-15,20H,5,16-19H2,1-4H3,(H,27,33). The summed E-state index contributed by atoms with van der Waals surface area (Å²) in [5, 5.41) is 3.98. The number of benzene rings is 2. The van der Waals surface area contributed by atoms with E-state index in [1.807, 2.05) is 73.0 Å². The number of hydrogen-bond acceptors (Lipinski definition) is 4. The van der Waals surface area contributed by atoms with E-state index in [1.54, 1.807) is 6.20 Å². The number of aromatic nitrogens is 2. The Hall–Kier alpha value is -2.71. The molecule has 3 rings (SSSR count). The van der Waals surface area contributed by atoms with Crippen LogP contribution in [0.5, 0.6) is 0 Å². The molecule has 0 aliphatic rings. The largest absolute Gasteiger partial charge is 0.363 e. The average Bonchev–Trinajstić information content (AvgIpc) is 3.18. The summed E-state index contributed by atoms with van der Waals surface area (Å²) < 4.78 is 28.9. The van der Waals surface area contributed by atoms with E-state index in [-0.39, 0.29) is 10.9 Å². The summed E-state index contributed by atoms with van der Waals surface area (Å²) in [5.41, 5.74) is 3.56. The molecule has 0 aliphatic heterocycles. The lowest BCUT2D eigenvalue weighted by Gasteiger charge is -2.28. The second-order valence-corrected chi connectivity index (χ2v) is 11.2. The van der Waals surface area contributed by atoms with Gasteiger partial charge in [-0.15, -0.1) is 0 Å². The fourth-order valence-electron chi connectivity index (χ4n) is 3.86. The van der Waals surface area contributed by atoms with Crippen LogP contribution < -0.4 is 5.32 Å². The van der Waals surface area contributed by atoms with E-state index >= 15 is 0 Å². The van der Waals surface area contributed by atoms with Crippen LogP contribution in [0.1, 0.15) is 43.2 Å². The van der Waals surface area contributed by atoms with Gasteiger partial charge in [-0.2, -0.15) is 0 Å². The first-order valence-corrected chi connectivity index (χ1v) is 13.7. The van der Waals surface area contributed by atoms with Crippen LogP contribution in [0.4, 0.5) is 0 Å². The van der Waals surface area contributed by atoms with Crippen molar-refractivity contribution in [3.05, 3.63) is 83.2 Å². The quantitative estimate of drug-likeness (QED) is 0.413. The molecule has 6 nitrogen and oxygen atoms in total. The molecule has 1 aromatic heterocycles. The SMILES string of the molecule is CCNC(=S)N(Cc1cnc(S(=O)(=O)Cc2ccccc2C)n1Cc1ccccc1)CC(C)C. The van der Waals surface area contributed by atoms with Gasteiger partial charge in [0, 0.05) is 13.1 Å². The molecule has 0 saturated heterocycles. The van der Waals surface area contributed by atoms with Gasteiger partial charge in [-0.25, -0.2) is 13.4 Å². The monoisotopic (exact) mass is 498 g/mol. The summed E-state index contributed by atoms with van der Waals surface area (Å²) >= 11 is 5.61. The lowest BCUT2D eigenvalue weighted by molar-refractivity contribution is 0.345. The summed E-state index contributed by atoms with van der Waals surface area (Å²) in [6.07, 6.45) is 1.68. The number of thiocarbonyl (C=S) groups is 1. The van der Waals surface area contributed by atoms with Gasteiger partial charge < -0.3 is 14.8 Å². The van der Waals surface area contributed by atoms with E-state index < -0.39 is 9.84 Å². The molecule has 0 saturated carbocycles. The highest BCUT2D eigenvalue weighted by Crippen LogP contribution is 2.22. The summed E-state index contributed by atoms with van der Waals surface area (Å²) in [5.74, 6) is 0.308. The van der Waals surface area contributed by atoms with E-state index in [0.29, 0.717) is 24.1 Å². The molecule has 3 aromatic rings. The molecule has 0 unspecified atom stereocenters. The lowest BCUT2D eigenvalue weighted by Crippen LogP contribution is -2.41. The van der Waals surface area contributed by atoms with Crippen LogP contribution in [0.25, 0.3) is 0 Å². The zero-order valence-corrected chi connectivity index (χ0v) is 22.0. The van der Waals surface area contributed by atoms with E-state index in [9.17, 15) is 8.42 Å². The van der Waals surface area contributed by atoms with Crippen molar-refractivity contribution in [2.24, 2.45) is 5.92 Å². The van der Waals surface area contributed by atoms with Crippen molar-refractivity contribution in [2.75, 3.05) is 13.1 Å². The predicted molar refractivity (Wildman–Crippen MR) is 141 cm³/mol. The van der Waals surface area contributed by atoms with Crippen LogP contribution in [0, 0.1) is 12.8 Å². The highest BCUT2D eigenvalue weighted by molar-refractivity contribution is 7.90. The number of aryl methyl sites for hydroxylation is 1. The molecule has 0 aliphatic carbocycles. The smallest absolute Gasteiger partial charge is 0.228 e. The van der Waals surface area contributed by atoms with Gasteiger partial charge in [0.25, 0.3) is 0 Å². The minimum atomic E-state index is -3.67. The van der Waals surface area contributed by atoms with Crippen molar-refractivity contribution in [2.45, 2.75) is 51.7 Å². The highest BCUT2D eigenvalue weighted by Gasteiger charge is 2.26. The van der Waals surface area contributed by atoms with Gasteiger partial charge in [-0.3, -0.25) is 0 Å². The van der Waals surface area contributed by atoms with Crippen LogP contribution in [0.15, 0.2) is 66.0 Å². The topological polar surface area (TPSA) is 67.2 Å². The third-order valence-corrected chi connectivity index (χ3v) is 7.50. The first-order chi connectivity index (χ1) is 16.2. The summed E-state index contributed by atoms with van der Waals surface area (Å²) in [6, 6.07) is 17.4. The fraction of sp³-hybridized carbons (Fsp3) is 0.385. The fourth-order valence-corrected chi connectivity index (χ4v) is 5.74. The minimum Gasteiger partial charge on any atom is -0.363 e. The Morgan fingerprint density at radius 3 is 2.44 bits per heavy atom. The van der Waals surface area contributed by atoms with Gasteiger partial charge >= 0.3 is 0 Å². The van der Waals surface area contributed by atoms with Crippen molar-refractivity contribution >= 4 is 27.2 Å². The summed E-state index contributed by atoms with van der Waals surface area (Å²) in [6.45, 7) is 10.6. The molecule has 1 heterocycles. The van der Waals surface area contributed by atoms with Crippen molar-refractivity contribution in [3.63, 3.8) is 0 Å². The number of nitrogens with zero attached hydrogens (tertiary/aromatic N) is 3. The van der Waals surface area contributed by atoms with Gasteiger partial charge in [0.05, 0.1) is 30.7 Å². The van der Waals surface area contributed by atoms with E-state index in [1.165, 1.54) is 0 Å². The highest BCUT2D eigenvalue weighted by atomic mass is 32.2. The molecule has 1 N–H and O–H groups in total. The molecule has 182 valence electrons. The van der Waals surface area contributed by atoms with Gasteiger partial charge in [0.2, 0.25) is 15.0 Å². The average molecular weight is 499 g/mol. The molecule has 0 fully saturated rings. The maximum Gasteiger partial charge on any atom is 0.228 e. The molecule has 0 radical (unpaired) electrons. The van der Waals surface area contributed by atoms with Crippen molar-refractivity contribution < 1.29 is 8.42 Å². The number of nitrogens with one attached hydrogen (secondary N) is 1. The first-order valence-electron chi connectivity index (χ1n) is 11.6. The van der Waals surface area contributed by atoms with Gasteiger partial charge in [0.1, 0.15) is 0 Å².